The van der Waals surface area contributed by atoms with Gasteiger partial charge >= 0.3 is 0 Å². The van der Waals surface area contributed by atoms with Gasteiger partial charge in [-0.15, -0.1) is 0 Å². The third kappa shape index (κ3) is 3.23. The number of benzene rings is 1. The Morgan fingerprint density at radius 2 is 2.20 bits per heavy atom. The van der Waals surface area contributed by atoms with E-state index in [1.54, 1.807) is 14.2 Å². The van der Waals surface area contributed by atoms with E-state index >= 15 is 0 Å². The van der Waals surface area contributed by atoms with E-state index in [1.165, 1.54) is 0 Å². The van der Waals surface area contributed by atoms with Crippen molar-refractivity contribution in [3.8, 4) is 11.5 Å². The highest BCUT2D eigenvalue weighted by Crippen LogP contribution is 2.26. The van der Waals surface area contributed by atoms with Gasteiger partial charge in [0.15, 0.2) is 0 Å². The summed E-state index contributed by atoms with van der Waals surface area (Å²) in [5.74, 6) is 1.54. The molecule has 2 N–H and O–H groups in total. The van der Waals surface area contributed by atoms with Gasteiger partial charge in [-0.2, -0.15) is 0 Å². The summed E-state index contributed by atoms with van der Waals surface area (Å²) in [6.07, 6.45) is 0.536. The molecular formula is C15H23NO4. The number of aliphatic hydroxyl groups is 1. The average Bonchev–Trinajstić information content (AvgIpc) is 2.79. The van der Waals surface area contributed by atoms with E-state index in [0.29, 0.717) is 26.1 Å². The quantitative estimate of drug-likeness (QED) is 0.824. The van der Waals surface area contributed by atoms with Crippen molar-refractivity contribution < 1.29 is 19.3 Å². The molecule has 1 heterocycles. The Hall–Kier alpha value is -1.30. The van der Waals surface area contributed by atoms with E-state index < -0.39 is 5.60 Å². The molecule has 2 unspecified atom stereocenters. The van der Waals surface area contributed by atoms with Crippen LogP contribution in [0.4, 0.5) is 0 Å². The first-order chi connectivity index (χ1) is 9.59. The molecule has 0 amide bonds. The first kappa shape index (κ1) is 15.1. The SMILES string of the molecule is COc1ccc(CNCC2(O)CCOC2C)c(OC)c1. The van der Waals surface area contributed by atoms with Crippen LogP contribution in [0.3, 0.4) is 0 Å². The summed E-state index contributed by atoms with van der Waals surface area (Å²) in [5.41, 5.74) is 0.253. The maximum atomic E-state index is 10.4. The first-order valence-electron chi connectivity index (χ1n) is 6.84. The molecule has 112 valence electrons. The van der Waals surface area contributed by atoms with Crippen molar-refractivity contribution in [3.63, 3.8) is 0 Å². The van der Waals surface area contributed by atoms with Crippen LogP contribution in [-0.4, -0.2) is 44.2 Å². The van der Waals surface area contributed by atoms with Crippen molar-refractivity contribution in [2.75, 3.05) is 27.4 Å². The maximum Gasteiger partial charge on any atom is 0.127 e. The standard InChI is InChI=1S/C15H23NO4/c1-11-15(17,6-7-20-11)10-16-9-12-4-5-13(18-2)8-14(12)19-3/h4-5,8,11,16-17H,6-7,9-10H2,1-3H3. The topological polar surface area (TPSA) is 60.0 Å². The van der Waals surface area contributed by atoms with Gasteiger partial charge < -0.3 is 24.6 Å². The molecule has 0 bridgehead atoms. The molecule has 0 saturated carbocycles. The van der Waals surface area contributed by atoms with Gasteiger partial charge in [0.2, 0.25) is 0 Å². The monoisotopic (exact) mass is 281 g/mol. The fourth-order valence-electron chi connectivity index (χ4n) is 2.41. The van der Waals surface area contributed by atoms with Crippen molar-refractivity contribution in [2.45, 2.75) is 31.6 Å². The highest BCUT2D eigenvalue weighted by Gasteiger charge is 2.38. The molecule has 2 atom stereocenters. The van der Waals surface area contributed by atoms with Crippen LogP contribution in [0.5, 0.6) is 11.5 Å². The molecule has 0 radical (unpaired) electrons. The highest BCUT2D eigenvalue weighted by atomic mass is 16.5. The van der Waals surface area contributed by atoms with Crippen LogP contribution >= 0.6 is 0 Å². The van der Waals surface area contributed by atoms with Crippen LogP contribution in [0.2, 0.25) is 0 Å². The molecule has 0 spiro atoms. The molecule has 5 nitrogen and oxygen atoms in total. The Morgan fingerprint density at radius 1 is 1.40 bits per heavy atom. The molecule has 1 aliphatic rings. The third-order valence-corrected chi connectivity index (χ3v) is 3.90. The summed E-state index contributed by atoms with van der Waals surface area (Å²) in [6.45, 7) is 3.65. The van der Waals surface area contributed by atoms with Crippen molar-refractivity contribution in [3.05, 3.63) is 23.8 Å². The molecule has 1 fully saturated rings. The van der Waals surface area contributed by atoms with Crippen LogP contribution < -0.4 is 14.8 Å². The van der Waals surface area contributed by atoms with Gasteiger partial charge in [0.1, 0.15) is 17.1 Å². The molecule has 1 aromatic carbocycles. The second kappa shape index (κ2) is 6.43. The van der Waals surface area contributed by atoms with Crippen LogP contribution in [0.25, 0.3) is 0 Å². The predicted octanol–water partition coefficient (Wildman–Crippen LogP) is 1.33. The van der Waals surface area contributed by atoms with Crippen molar-refractivity contribution in [1.82, 2.24) is 5.32 Å². The van der Waals surface area contributed by atoms with E-state index in [9.17, 15) is 5.11 Å². The van der Waals surface area contributed by atoms with Gasteiger partial charge in [-0.25, -0.2) is 0 Å². The normalized spacial score (nSPS) is 25.7. The van der Waals surface area contributed by atoms with Gasteiger partial charge in [-0.3, -0.25) is 0 Å². The largest absolute Gasteiger partial charge is 0.497 e. The van der Waals surface area contributed by atoms with E-state index in [4.69, 9.17) is 14.2 Å². The zero-order valence-corrected chi connectivity index (χ0v) is 12.3. The summed E-state index contributed by atoms with van der Waals surface area (Å²) < 4.78 is 15.9. The fourth-order valence-corrected chi connectivity index (χ4v) is 2.41. The van der Waals surface area contributed by atoms with E-state index in [1.807, 2.05) is 25.1 Å². The second-order valence-corrected chi connectivity index (χ2v) is 5.15. The first-order valence-corrected chi connectivity index (χ1v) is 6.84. The molecule has 5 heteroatoms. The number of hydrogen-bond donors (Lipinski definition) is 2. The Bertz CT molecular complexity index is 451. The van der Waals surface area contributed by atoms with Gasteiger partial charge in [0, 0.05) is 37.7 Å². The third-order valence-electron chi connectivity index (χ3n) is 3.90. The fraction of sp³-hybridized carbons (Fsp3) is 0.600. The van der Waals surface area contributed by atoms with Crippen LogP contribution in [-0.2, 0) is 11.3 Å². The lowest BCUT2D eigenvalue weighted by Crippen LogP contribution is -2.45. The lowest BCUT2D eigenvalue weighted by Gasteiger charge is -2.26. The summed E-state index contributed by atoms with van der Waals surface area (Å²) in [6, 6.07) is 5.71. The predicted molar refractivity (Wildman–Crippen MR) is 76.2 cm³/mol. The number of methoxy groups -OCH3 is 2. The molecule has 1 aliphatic heterocycles. The maximum absolute atomic E-state index is 10.4. The molecule has 0 aliphatic carbocycles. The minimum atomic E-state index is -0.778. The Kier molecular flexibility index (Phi) is 4.86. The van der Waals surface area contributed by atoms with Gasteiger partial charge in [-0.1, -0.05) is 6.07 Å². The van der Waals surface area contributed by atoms with Crippen molar-refractivity contribution in [1.29, 1.82) is 0 Å². The van der Waals surface area contributed by atoms with Crippen LogP contribution in [0.15, 0.2) is 18.2 Å². The van der Waals surface area contributed by atoms with E-state index in [0.717, 1.165) is 17.1 Å². The van der Waals surface area contributed by atoms with Gasteiger partial charge in [0.05, 0.1) is 20.3 Å². The van der Waals surface area contributed by atoms with Gasteiger partial charge in [0.25, 0.3) is 0 Å². The zero-order valence-electron chi connectivity index (χ0n) is 12.3. The minimum Gasteiger partial charge on any atom is -0.497 e. The van der Waals surface area contributed by atoms with Crippen molar-refractivity contribution in [2.24, 2.45) is 0 Å². The molecule has 1 aromatic rings. The molecule has 1 saturated heterocycles. The number of nitrogens with one attached hydrogen (secondary N) is 1. The Morgan fingerprint density at radius 3 is 2.80 bits per heavy atom. The number of rotatable bonds is 6. The molecule has 20 heavy (non-hydrogen) atoms. The van der Waals surface area contributed by atoms with Crippen LogP contribution in [0.1, 0.15) is 18.9 Å². The average molecular weight is 281 g/mol. The van der Waals surface area contributed by atoms with Crippen molar-refractivity contribution >= 4 is 0 Å². The summed E-state index contributed by atoms with van der Waals surface area (Å²) in [7, 11) is 3.27. The summed E-state index contributed by atoms with van der Waals surface area (Å²) >= 11 is 0. The Balaban J connectivity index is 1.94. The van der Waals surface area contributed by atoms with E-state index in [-0.39, 0.29) is 6.10 Å². The highest BCUT2D eigenvalue weighted by molar-refractivity contribution is 5.40. The number of ether oxygens (including phenoxy) is 3. The van der Waals surface area contributed by atoms with Crippen LogP contribution in [0, 0.1) is 0 Å². The summed E-state index contributed by atoms with van der Waals surface area (Å²) in [5, 5.41) is 13.7. The molecule has 2 rings (SSSR count). The lowest BCUT2D eigenvalue weighted by molar-refractivity contribution is -0.0263. The lowest BCUT2D eigenvalue weighted by atomic mass is 9.96. The smallest absolute Gasteiger partial charge is 0.127 e. The van der Waals surface area contributed by atoms with Gasteiger partial charge in [-0.05, 0) is 13.0 Å². The molecular weight excluding hydrogens is 258 g/mol. The minimum absolute atomic E-state index is 0.132. The summed E-state index contributed by atoms with van der Waals surface area (Å²) in [4.78, 5) is 0. The Labute approximate surface area is 119 Å². The molecule has 0 aromatic heterocycles. The second-order valence-electron chi connectivity index (χ2n) is 5.15. The zero-order chi connectivity index (χ0) is 14.6. The van der Waals surface area contributed by atoms with E-state index in [2.05, 4.69) is 5.32 Å². The number of hydrogen-bond acceptors (Lipinski definition) is 5.